The third kappa shape index (κ3) is 1.86. The highest BCUT2D eigenvalue weighted by Crippen LogP contribution is 2.68. The Morgan fingerprint density at radius 2 is 1.92 bits per heavy atom. The van der Waals surface area contributed by atoms with Gasteiger partial charge < -0.3 is 14.9 Å². The quantitative estimate of drug-likeness (QED) is 0.828. The molecule has 132 valence electrons. The lowest BCUT2D eigenvalue weighted by Crippen LogP contribution is -2.56. The van der Waals surface area contributed by atoms with Gasteiger partial charge in [0.25, 0.3) is 0 Å². The zero-order chi connectivity index (χ0) is 17.3. The molecule has 3 nitrogen and oxygen atoms in total. The van der Waals surface area contributed by atoms with Crippen LogP contribution in [0.15, 0.2) is 18.2 Å². The van der Waals surface area contributed by atoms with E-state index in [4.69, 9.17) is 4.74 Å². The summed E-state index contributed by atoms with van der Waals surface area (Å²) in [5.41, 5.74) is 2.46. The van der Waals surface area contributed by atoms with Crippen LogP contribution < -0.4 is 4.74 Å². The number of hydrogen-bond acceptors (Lipinski definition) is 3. The molecule has 0 aromatic heterocycles. The van der Waals surface area contributed by atoms with Crippen LogP contribution in [0.5, 0.6) is 5.75 Å². The largest absolute Gasteiger partial charge is 0.497 e. The Kier molecular flexibility index (Phi) is 3.57. The van der Waals surface area contributed by atoms with Gasteiger partial charge in [-0.1, -0.05) is 26.8 Å². The molecule has 1 aromatic rings. The molecule has 2 fully saturated rings. The second kappa shape index (κ2) is 5.22. The highest BCUT2D eigenvalue weighted by Gasteiger charge is 2.67. The Morgan fingerprint density at radius 3 is 2.62 bits per heavy atom. The molecule has 3 aliphatic carbocycles. The maximum atomic E-state index is 10.9. The van der Waals surface area contributed by atoms with E-state index in [1.54, 1.807) is 7.11 Å². The normalized spacial score (nSPS) is 46.8. The van der Waals surface area contributed by atoms with Crippen molar-refractivity contribution in [3.05, 3.63) is 29.3 Å². The number of aliphatic hydroxyl groups is 2. The number of methoxy groups -OCH3 is 1. The van der Waals surface area contributed by atoms with Crippen molar-refractivity contribution in [1.29, 1.82) is 0 Å². The minimum absolute atomic E-state index is 0.175. The van der Waals surface area contributed by atoms with Crippen molar-refractivity contribution in [3.8, 4) is 5.75 Å². The Morgan fingerprint density at radius 1 is 1.17 bits per heavy atom. The first kappa shape index (κ1) is 16.4. The van der Waals surface area contributed by atoms with Crippen LogP contribution in [0.3, 0.4) is 0 Å². The van der Waals surface area contributed by atoms with Crippen LogP contribution in [0, 0.1) is 22.7 Å². The Bertz CT molecular complexity index is 656. The van der Waals surface area contributed by atoms with Crippen molar-refractivity contribution in [1.82, 2.24) is 0 Å². The standard InChI is InChI=1S/C21H30O3/c1-12-9-13-10-14(24-4)5-6-15(13)16-7-8-20(2)17(22)11-18(23)21(20,3)19(12)16/h5-6,10,12,16-19,22-23H,7-9,11H2,1-4H3/t12-,16-,17+,18-,19-,20-,21-/m1/s1. The van der Waals surface area contributed by atoms with Crippen molar-refractivity contribution in [2.45, 2.75) is 64.6 Å². The molecule has 0 unspecified atom stereocenters. The Labute approximate surface area is 145 Å². The van der Waals surface area contributed by atoms with E-state index < -0.39 is 6.10 Å². The van der Waals surface area contributed by atoms with E-state index >= 15 is 0 Å². The van der Waals surface area contributed by atoms with Crippen molar-refractivity contribution < 1.29 is 14.9 Å². The third-order valence-electron chi connectivity index (χ3n) is 8.11. The Balaban J connectivity index is 1.81. The van der Waals surface area contributed by atoms with Crippen LogP contribution in [-0.2, 0) is 6.42 Å². The fraction of sp³-hybridized carbons (Fsp3) is 0.714. The van der Waals surface area contributed by atoms with Crippen LogP contribution in [0.2, 0.25) is 0 Å². The van der Waals surface area contributed by atoms with E-state index in [9.17, 15) is 10.2 Å². The fourth-order valence-corrected chi connectivity index (χ4v) is 6.61. The van der Waals surface area contributed by atoms with Crippen molar-refractivity contribution in [3.63, 3.8) is 0 Å². The van der Waals surface area contributed by atoms with Gasteiger partial charge in [-0.2, -0.15) is 0 Å². The number of ether oxygens (including phenoxy) is 1. The predicted molar refractivity (Wildman–Crippen MR) is 94.2 cm³/mol. The smallest absolute Gasteiger partial charge is 0.119 e. The molecule has 7 atom stereocenters. The van der Waals surface area contributed by atoms with E-state index in [2.05, 4.69) is 39.0 Å². The molecule has 0 spiro atoms. The molecule has 1 aromatic carbocycles. The van der Waals surface area contributed by atoms with Crippen LogP contribution in [0.4, 0.5) is 0 Å². The molecule has 0 heterocycles. The highest BCUT2D eigenvalue weighted by atomic mass is 16.5. The number of hydrogen-bond donors (Lipinski definition) is 2. The molecule has 0 amide bonds. The zero-order valence-corrected chi connectivity index (χ0v) is 15.2. The van der Waals surface area contributed by atoms with Gasteiger partial charge in [-0.05, 0) is 60.3 Å². The van der Waals surface area contributed by atoms with Gasteiger partial charge in [-0.15, -0.1) is 0 Å². The summed E-state index contributed by atoms with van der Waals surface area (Å²) in [7, 11) is 1.72. The minimum Gasteiger partial charge on any atom is -0.497 e. The highest BCUT2D eigenvalue weighted by molar-refractivity contribution is 5.42. The Hall–Kier alpha value is -1.06. The first-order valence-corrected chi connectivity index (χ1v) is 9.36. The van der Waals surface area contributed by atoms with E-state index in [0.29, 0.717) is 24.2 Å². The van der Waals surface area contributed by atoms with Crippen molar-refractivity contribution in [2.24, 2.45) is 22.7 Å². The van der Waals surface area contributed by atoms with Crippen molar-refractivity contribution in [2.75, 3.05) is 7.11 Å². The average molecular weight is 330 g/mol. The summed E-state index contributed by atoms with van der Waals surface area (Å²) in [5.74, 6) is 2.33. The van der Waals surface area contributed by atoms with Gasteiger partial charge in [0, 0.05) is 17.3 Å². The molecule has 24 heavy (non-hydrogen) atoms. The van der Waals surface area contributed by atoms with Gasteiger partial charge in [-0.25, -0.2) is 0 Å². The zero-order valence-electron chi connectivity index (χ0n) is 15.2. The topological polar surface area (TPSA) is 49.7 Å². The molecule has 2 N–H and O–H groups in total. The maximum Gasteiger partial charge on any atom is 0.119 e. The molecule has 3 aliphatic rings. The van der Waals surface area contributed by atoms with Gasteiger partial charge >= 0.3 is 0 Å². The second-order valence-electron chi connectivity index (χ2n) is 8.88. The molecule has 0 aliphatic heterocycles. The molecule has 4 rings (SSSR count). The summed E-state index contributed by atoms with van der Waals surface area (Å²) in [6, 6.07) is 6.50. The lowest BCUT2D eigenvalue weighted by atomic mass is 9.45. The molecule has 0 bridgehead atoms. The summed E-state index contributed by atoms with van der Waals surface area (Å²) in [5, 5.41) is 21.6. The van der Waals surface area contributed by atoms with Gasteiger partial charge in [0.1, 0.15) is 5.75 Å². The van der Waals surface area contributed by atoms with E-state index in [1.165, 1.54) is 11.1 Å². The minimum atomic E-state index is -0.410. The first-order chi connectivity index (χ1) is 11.3. The molecular formula is C21H30O3. The molecule has 2 saturated carbocycles. The monoisotopic (exact) mass is 330 g/mol. The lowest BCUT2D eigenvalue weighted by Gasteiger charge is -2.59. The average Bonchev–Trinajstić information content (AvgIpc) is 2.73. The SMILES string of the molecule is COc1ccc2c(c1)C[C@@H](C)[C@@H]1[C@@H]2CC[C@]2(C)[C@@H](O)C[C@@H](O)[C@]12C. The van der Waals surface area contributed by atoms with Gasteiger partial charge in [0.2, 0.25) is 0 Å². The van der Waals surface area contributed by atoms with Gasteiger partial charge in [0.15, 0.2) is 0 Å². The third-order valence-corrected chi connectivity index (χ3v) is 8.11. The number of rotatable bonds is 1. The van der Waals surface area contributed by atoms with E-state index in [-0.39, 0.29) is 16.9 Å². The molecule has 0 radical (unpaired) electrons. The molecule has 0 saturated heterocycles. The van der Waals surface area contributed by atoms with Gasteiger partial charge in [0.05, 0.1) is 19.3 Å². The summed E-state index contributed by atoms with van der Waals surface area (Å²) in [6.07, 6.45) is 2.85. The molecule has 3 heteroatoms. The maximum absolute atomic E-state index is 10.9. The number of fused-ring (bicyclic) bond motifs is 5. The second-order valence-corrected chi connectivity index (χ2v) is 8.88. The first-order valence-electron chi connectivity index (χ1n) is 9.36. The fourth-order valence-electron chi connectivity index (χ4n) is 6.61. The van der Waals surface area contributed by atoms with Gasteiger partial charge in [-0.3, -0.25) is 0 Å². The van der Waals surface area contributed by atoms with Crippen LogP contribution in [0.25, 0.3) is 0 Å². The summed E-state index contributed by atoms with van der Waals surface area (Å²) < 4.78 is 5.41. The van der Waals surface area contributed by atoms with Crippen LogP contribution in [0.1, 0.15) is 57.1 Å². The number of aliphatic hydroxyl groups excluding tert-OH is 2. The lowest BCUT2D eigenvalue weighted by molar-refractivity contribution is -0.132. The predicted octanol–water partition coefficient (Wildman–Crippen LogP) is 3.52. The number of benzene rings is 1. The molecular weight excluding hydrogens is 300 g/mol. The van der Waals surface area contributed by atoms with Crippen LogP contribution in [-0.4, -0.2) is 29.5 Å². The summed E-state index contributed by atoms with van der Waals surface area (Å²) >= 11 is 0. The van der Waals surface area contributed by atoms with E-state index in [0.717, 1.165) is 25.0 Å². The van der Waals surface area contributed by atoms with Crippen molar-refractivity contribution >= 4 is 0 Å². The summed E-state index contributed by atoms with van der Waals surface area (Å²) in [6.45, 7) is 6.78. The summed E-state index contributed by atoms with van der Waals surface area (Å²) in [4.78, 5) is 0. The van der Waals surface area contributed by atoms with E-state index in [1.807, 2.05) is 0 Å². The van der Waals surface area contributed by atoms with Crippen LogP contribution >= 0.6 is 0 Å².